The number of fused-ring (bicyclic) bond motifs is 4. The fourth-order valence-electron chi connectivity index (χ4n) is 8.21. The van der Waals surface area contributed by atoms with Crippen LogP contribution in [0, 0.1) is 0 Å². The van der Waals surface area contributed by atoms with Crippen molar-refractivity contribution in [1.29, 1.82) is 0 Å². The average molecular weight is 1330 g/mol. The van der Waals surface area contributed by atoms with E-state index in [2.05, 4.69) is 95.6 Å². The molecule has 4 aromatic rings. The van der Waals surface area contributed by atoms with Crippen LogP contribution in [0.2, 0.25) is 0 Å². The first-order chi connectivity index (χ1) is 33.6. The van der Waals surface area contributed by atoms with Gasteiger partial charge in [0.2, 0.25) is 10.9 Å². The molecule has 2 heterocycles. The molecule has 0 unspecified atom stereocenters. The molecule has 8 rings (SSSR count). The lowest BCUT2D eigenvalue weighted by atomic mass is 9.91. The van der Waals surface area contributed by atoms with Gasteiger partial charge in [0.1, 0.15) is 29.4 Å². The van der Waals surface area contributed by atoms with E-state index < -0.39 is 23.9 Å². The van der Waals surface area contributed by atoms with Gasteiger partial charge < -0.3 is 27.8 Å². The molecule has 0 radical (unpaired) electrons. The Morgan fingerprint density at radius 2 is 0.843 bits per heavy atom. The van der Waals surface area contributed by atoms with Crippen LogP contribution in [-0.2, 0) is 19.1 Å². The van der Waals surface area contributed by atoms with E-state index in [-0.39, 0.29) is 55.7 Å². The van der Waals surface area contributed by atoms with E-state index in [1.165, 1.54) is 14.2 Å². The second-order valence-electron chi connectivity index (χ2n) is 15.9. The quantitative estimate of drug-likeness (QED) is 0.0413. The second kappa shape index (κ2) is 22.2. The van der Waals surface area contributed by atoms with Crippen LogP contribution in [0.3, 0.4) is 0 Å². The number of unbranched alkanes of at least 4 members (excludes halogenated alkanes) is 5. The molecular formula is C52H36Br6O12. The van der Waals surface area contributed by atoms with Crippen molar-refractivity contribution in [2.75, 3.05) is 14.2 Å². The number of rotatable bonds is 15. The number of carbonyl (C=O) groups is 4. The highest BCUT2D eigenvalue weighted by atomic mass is 79.9. The van der Waals surface area contributed by atoms with Crippen LogP contribution in [0.4, 0.5) is 0 Å². The van der Waals surface area contributed by atoms with Gasteiger partial charge in [-0.2, -0.15) is 0 Å². The Balaban J connectivity index is 0.883. The third-order valence-corrected chi connectivity index (χ3v) is 15.7. The smallest absolute Gasteiger partial charge is 0.338 e. The van der Waals surface area contributed by atoms with Crippen molar-refractivity contribution >= 4 is 141 Å². The summed E-state index contributed by atoms with van der Waals surface area (Å²) in [5.74, 6) is -1.04. The van der Waals surface area contributed by atoms with Gasteiger partial charge in [0.05, 0.1) is 34.3 Å². The zero-order chi connectivity index (χ0) is 50.0. The molecule has 0 atom stereocenters. The monoisotopic (exact) mass is 1330 g/mol. The first kappa shape index (κ1) is 51.4. The Bertz CT molecular complexity index is 3240. The molecule has 0 saturated carbocycles. The number of hydrogen-bond acceptors (Lipinski definition) is 12. The van der Waals surface area contributed by atoms with E-state index in [0.717, 1.165) is 25.7 Å². The van der Waals surface area contributed by atoms with Gasteiger partial charge in [-0.3, -0.25) is 19.2 Å². The highest BCUT2D eigenvalue weighted by Crippen LogP contribution is 2.49. The van der Waals surface area contributed by atoms with Gasteiger partial charge >= 0.3 is 23.9 Å². The third kappa shape index (κ3) is 10.2. The minimum atomic E-state index is -0.538. The minimum absolute atomic E-state index is 0.164. The summed E-state index contributed by atoms with van der Waals surface area (Å²) < 4.78 is 36.1. The Labute approximate surface area is 449 Å². The normalized spacial score (nSPS) is 11.4. The van der Waals surface area contributed by atoms with Crippen LogP contribution in [-0.4, -0.2) is 38.1 Å². The summed E-state index contributed by atoms with van der Waals surface area (Å²) in [5, 5.41) is 1.18. The molecule has 18 heteroatoms. The molecule has 4 aromatic carbocycles. The standard InChI is InChI=1S/C52H36Br6O12/c1-65-51(63)27-15-11-9-13-25(27)39-29-19-21-35(41(55)47(29)69-49-31(39)23-33(53)45(61)43(49)57)67-37(59)17-7-5-3-4-6-8-18-38(60)68-36-22-20-30-40(26-14-10-12-16-28(26)52(64)66-2)32-24-34(54)46(62)44(58)50(32)70-48(30)42(36)56/h9-16,19-24H,3-8,17-18H2,1-2H3. The van der Waals surface area contributed by atoms with Crippen LogP contribution < -0.4 is 20.3 Å². The van der Waals surface area contributed by atoms with Crippen molar-refractivity contribution < 1.29 is 47.0 Å². The molecule has 0 amide bonds. The summed E-state index contributed by atoms with van der Waals surface area (Å²) >= 11 is 20.7. The number of halogens is 6. The van der Waals surface area contributed by atoms with E-state index in [4.69, 9.17) is 27.8 Å². The summed E-state index contributed by atoms with van der Waals surface area (Å²) in [7, 11) is 2.61. The van der Waals surface area contributed by atoms with Crippen molar-refractivity contribution in [1.82, 2.24) is 0 Å². The van der Waals surface area contributed by atoms with Crippen LogP contribution in [0.5, 0.6) is 11.5 Å². The van der Waals surface area contributed by atoms with Crippen molar-refractivity contribution in [3.05, 3.63) is 143 Å². The van der Waals surface area contributed by atoms with E-state index in [1.807, 2.05) is 0 Å². The maximum atomic E-state index is 13.1. The Hall–Kier alpha value is -4.98. The fourth-order valence-corrected chi connectivity index (χ4v) is 11.6. The number of ether oxygens (including phenoxy) is 4. The molecule has 12 nitrogen and oxygen atoms in total. The molecule has 4 aliphatic rings. The summed E-state index contributed by atoms with van der Waals surface area (Å²) in [6, 6.07) is 24.0. The van der Waals surface area contributed by atoms with Crippen molar-refractivity contribution in [3.63, 3.8) is 0 Å². The second-order valence-corrected chi connectivity index (χ2v) is 20.7. The maximum absolute atomic E-state index is 13.1. The number of methoxy groups -OCH3 is 2. The maximum Gasteiger partial charge on any atom is 0.338 e. The first-order valence-electron chi connectivity index (χ1n) is 21.6. The lowest BCUT2D eigenvalue weighted by Crippen LogP contribution is -2.09. The van der Waals surface area contributed by atoms with E-state index in [1.54, 1.807) is 84.9 Å². The highest BCUT2D eigenvalue weighted by molar-refractivity contribution is 9.11. The number of benzene rings is 6. The fraction of sp³-hybridized carbons (Fsp3) is 0.192. The molecule has 70 heavy (non-hydrogen) atoms. The molecule has 0 N–H and O–H groups in total. The third-order valence-electron chi connectivity index (χ3n) is 11.5. The van der Waals surface area contributed by atoms with Crippen LogP contribution in [0.1, 0.15) is 72.1 Å². The minimum Gasteiger partial charge on any atom is -0.465 e. The summed E-state index contributed by atoms with van der Waals surface area (Å²) in [6.45, 7) is 0. The van der Waals surface area contributed by atoms with Gasteiger partial charge in [0, 0.05) is 45.9 Å². The van der Waals surface area contributed by atoms with E-state index >= 15 is 0 Å². The molecular weight excluding hydrogens is 1300 g/mol. The zero-order valence-electron chi connectivity index (χ0n) is 36.9. The number of hydrogen-bond donors (Lipinski definition) is 0. The molecule has 0 bridgehead atoms. The molecule has 2 aliphatic carbocycles. The molecule has 0 saturated heterocycles. The Kier molecular flexibility index (Phi) is 16.3. The lowest BCUT2D eigenvalue weighted by molar-refractivity contribution is -0.135. The summed E-state index contributed by atoms with van der Waals surface area (Å²) in [5.41, 5.74) is 3.99. The lowest BCUT2D eigenvalue weighted by Gasteiger charge is -2.19. The van der Waals surface area contributed by atoms with E-state index in [9.17, 15) is 28.8 Å². The van der Waals surface area contributed by atoms with Gasteiger partial charge in [-0.15, -0.1) is 0 Å². The number of esters is 4. The van der Waals surface area contributed by atoms with E-state index in [0.29, 0.717) is 97.2 Å². The molecule has 358 valence electrons. The summed E-state index contributed by atoms with van der Waals surface area (Å²) in [4.78, 5) is 78.0. The zero-order valence-corrected chi connectivity index (χ0v) is 46.4. The largest absolute Gasteiger partial charge is 0.465 e. The molecule has 0 aromatic heterocycles. The predicted molar refractivity (Wildman–Crippen MR) is 286 cm³/mol. The Morgan fingerprint density at radius 3 is 1.23 bits per heavy atom. The van der Waals surface area contributed by atoms with Gasteiger partial charge in [-0.1, -0.05) is 62.1 Å². The number of carbonyl (C=O) groups excluding carboxylic acids is 4. The Morgan fingerprint density at radius 1 is 0.471 bits per heavy atom. The van der Waals surface area contributed by atoms with Crippen LogP contribution in [0.15, 0.2) is 130 Å². The van der Waals surface area contributed by atoms with Gasteiger partial charge in [0.15, 0.2) is 22.7 Å². The molecule has 0 spiro atoms. The van der Waals surface area contributed by atoms with Crippen LogP contribution >= 0.6 is 95.6 Å². The summed E-state index contributed by atoms with van der Waals surface area (Å²) in [6.07, 6.45) is 4.69. The van der Waals surface area contributed by atoms with Crippen molar-refractivity contribution in [2.45, 2.75) is 51.4 Å². The van der Waals surface area contributed by atoms with Gasteiger partial charge in [0.25, 0.3) is 0 Å². The first-order valence-corrected chi connectivity index (χ1v) is 26.3. The van der Waals surface area contributed by atoms with Gasteiger partial charge in [-0.05, 0) is 168 Å². The highest BCUT2D eigenvalue weighted by Gasteiger charge is 2.29. The van der Waals surface area contributed by atoms with Crippen molar-refractivity contribution in [2.24, 2.45) is 0 Å². The molecule has 2 aliphatic heterocycles. The SMILES string of the molecule is COC(=O)c1ccccc1-c1c2cc(Br)c(=O)c(Br)c-2oc2c(Br)c(OC(=O)CCCCCCCCC(=O)Oc3ccc4c(-c5ccccc5C(=O)OC)c5cc(Br)c(=O)c(Br)c-5oc4c3Br)ccc12. The van der Waals surface area contributed by atoms with Crippen LogP contribution in [0.25, 0.3) is 66.8 Å². The topological polar surface area (TPSA) is 166 Å². The average Bonchev–Trinajstić information content (AvgIpc) is 3.36. The van der Waals surface area contributed by atoms with Crippen molar-refractivity contribution in [3.8, 4) is 56.4 Å². The van der Waals surface area contributed by atoms with Gasteiger partial charge in [-0.25, -0.2) is 9.59 Å². The predicted octanol–water partition coefficient (Wildman–Crippen LogP) is 15.2. The molecule has 0 fully saturated rings.